The summed E-state index contributed by atoms with van der Waals surface area (Å²) >= 11 is 1.30. The van der Waals surface area contributed by atoms with E-state index in [4.69, 9.17) is 5.73 Å². The van der Waals surface area contributed by atoms with Crippen molar-refractivity contribution in [2.75, 3.05) is 11.1 Å². The zero-order valence-electron chi connectivity index (χ0n) is 13.3. The van der Waals surface area contributed by atoms with E-state index < -0.39 is 11.7 Å². The number of aromatic nitrogens is 3. The molecule has 2 aromatic heterocycles. The van der Waals surface area contributed by atoms with Gasteiger partial charge in [-0.05, 0) is 30.9 Å². The Morgan fingerprint density at radius 2 is 2.28 bits per heavy atom. The number of carbonyl (C=O) groups excluding carboxylic acids is 1. The van der Waals surface area contributed by atoms with Gasteiger partial charge in [-0.25, -0.2) is 9.37 Å². The molecule has 1 aromatic carbocycles. The fraction of sp³-hybridized carbons (Fsp3) is 0.235. The van der Waals surface area contributed by atoms with E-state index in [-0.39, 0.29) is 11.4 Å². The monoisotopic (exact) mass is 357 g/mol. The quantitative estimate of drug-likeness (QED) is 0.685. The van der Waals surface area contributed by atoms with Crippen molar-refractivity contribution in [3.05, 3.63) is 46.9 Å². The highest BCUT2D eigenvalue weighted by Crippen LogP contribution is 2.33. The van der Waals surface area contributed by atoms with Gasteiger partial charge < -0.3 is 11.1 Å². The molecule has 0 saturated heterocycles. The topological polar surface area (TPSA) is 85.8 Å². The van der Waals surface area contributed by atoms with Crippen LogP contribution in [0, 0.1) is 11.7 Å². The van der Waals surface area contributed by atoms with Gasteiger partial charge in [-0.15, -0.1) is 11.3 Å². The Bertz CT molecular complexity index is 917. The summed E-state index contributed by atoms with van der Waals surface area (Å²) in [6.07, 6.45) is 5.86. The normalized spacial score (nSPS) is 13.8. The van der Waals surface area contributed by atoms with Gasteiger partial charge in [0, 0.05) is 34.9 Å². The number of hydrogen-bond donors (Lipinski definition) is 2. The van der Waals surface area contributed by atoms with Crippen LogP contribution in [0.1, 0.15) is 23.3 Å². The lowest BCUT2D eigenvalue weighted by Crippen LogP contribution is -2.14. The number of rotatable bonds is 5. The summed E-state index contributed by atoms with van der Waals surface area (Å²) in [5, 5.41) is 8.42. The molecule has 0 unspecified atom stereocenters. The molecule has 3 aromatic rings. The van der Waals surface area contributed by atoms with E-state index in [1.165, 1.54) is 30.2 Å². The van der Waals surface area contributed by atoms with Crippen LogP contribution in [0.5, 0.6) is 0 Å². The number of amides is 1. The fourth-order valence-electron chi connectivity index (χ4n) is 2.63. The Hall–Kier alpha value is -2.74. The Balaban J connectivity index is 1.63. The zero-order chi connectivity index (χ0) is 17.4. The highest BCUT2D eigenvalue weighted by atomic mass is 32.1. The second-order valence-corrected chi connectivity index (χ2v) is 6.87. The van der Waals surface area contributed by atoms with E-state index >= 15 is 0 Å². The van der Waals surface area contributed by atoms with E-state index in [0.717, 1.165) is 6.54 Å². The number of nitrogens with one attached hydrogen (secondary N) is 1. The second-order valence-electron chi connectivity index (χ2n) is 6.15. The first-order valence-electron chi connectivity index (χ1n) is 7.91. The van der Waals surface area contributed by atoms with Gasteiger partial charge >= 0.3 is 0 Å². The fourth-order valence-corrected chi connectivity index (χ4v) is 3.16. The van der Waals surface area contributed by atoms with E-state index in [1.807, 2.05) is 10.9 Å². The van der Waals surface area contributed by atoms with Crippen LogP contribution in [-0.4, -0.2) is 20.7 Å². The minimum absolute atomic E-state index is 0.0305. The second kappa shape index (κ2) is 6.29. The van der Waals surface area contributed by atoms with Crippen molar-refractivity contribution < 1.29 is 9.18 Å². The van der Waals surface area contributed by atoms with Crippen molar-refractivity contribution in [2.24, 2.45) is 5.92 Å². The molecule has 1 amide bonds. The summed E-state index contributed by atoms with van der Waals surface area (Å²) in [4.78, 5) is 16.0. The highest BCUT2D eigenvalue weighted by molar-refractivity contribution is 7.07. The number of anilines is 2. The average Bonchev–Trinajstić information content (AvgIpc) is 3.05. The van der Waals surface area contributed by atoms with Gasteiger partial charge in [0.05, 0.1) is 17.4 Å². The first-order valence-corrected chi connectivity index (χ1v) is 8.86. The first-order chi connectivity index (χ1) is 12.1. The van der Waals surface area contributed by atoms with Crippen molar-refractivity contribution in [3.8, 4) is 11.1 Å². The summed E-state index contributed by atoms with van der Waals surface area (Å²) in [7, 11) is 0. The average molecular weight is 357 g/mol. The zero-order valence-corrected chi connectivity index (χ0v) is 14.1. The van der Waals surface area contributed by atoms with E-state index in [2.05, 4.69) is 15.4 Å². The number of nitrogens with two attached hydrogens (primary N) is 1. The number of thiazole rings is 1. The number of nitrogen functional groups attached to an aromatic ring is 1. The molecule has 0 spiro atoms. The van der Waals surface area contributed by atoms with Crippen molar-refractivity contribution >= 4 is 28.6 Å². The summed E-state index contributed by atoms with van der Waals surface area (Å²) in [5.41, 5.74) is 9.03. The number of hydrogen-bond acceptors (Lipinski definition) is 5. The van der Waals surface area contributed by atoms with Crippen LogP contribution in [0.3, 0.4) is 0 Å². The Kier molecular flexibility index (Phi) is 3.96. The minimum atomic E-state index is -0.538. The lowest BCUT2D eigenvalue weighted by atomic mass is 10.1. The maximum Gasteiger partial charge on any atom is 0.275 e. The molecule has 8 heteroatoms. The molecule has 1 fully saturated rings. The molecule has 1 saturated carbocycles. The molecule has 6 nitrogen and oxygen atoms in total. The summed E-state index contributed by atoms with van der Waals surface area (Å²) in [6, 6.07) is 2.95. The van der Waals surface area contributed by atoms with E-state index in [0.29, 0.717) is 22.7 Å². The van der Waals surface area contributed by atoms with Crippen LogP contribution >= 0.6 is 11.3 Å². The Labute approximate surface area is 147 Å². The summed E-state index contributed by atoms with van der Waals surface area (Å²) < 4.78 is 16.7. The lowest BCUT2D eigenvalue weighted by Gasteiger charge is -2.10. The van der Waals surface area contributed by atoms with Crippen LogP contribution in [-0.2, 0) is 6.54 Å². The van der Waals surface area contributed by atoms with Crippen molar-refractivity contribution in [3.63, 3.8) is 0 Å². The molecule has 0 atom stereocenters. The maximum absolute atomic E-state index is 14.9. The third kappa shape index (κ3) is 3.39. The SMILES string of the molecule is Nc1cc(NC(=O)c2cscn2)c(F)c(-c2cnn(CC3CC3)c2)c1. The molecule has 0 aliphatic heterocycles. The van der Waals surface area contributed by atoms with Crippen LogP contribution in [0.2, 0.25) is 0 Å². The van der Waals surface area contributed by atoms with Gasteiger partial charge in [-0.2, -0.15) is 5.10 Å². The van der Waals surface area contributed by atoms with Crippen LogP contribution < -0.4 is 11.1 Å². The van der Waals surface area contributed by atoms with Crippen LogP contribution in [0.15, 0.2) is 35.4 Å². The van der Waals surface area contributed by atoms with Gasteiger partial charge in [0.1, 0.15) is 5.69 Å². The summed E-state index contributed by atoms with van der Waals surface area (Å²) in [6.45, 7) is 0.845. The van der Waals surface area contributed by atoms with Gasteiger partial charge in [0.2, 0.25) is 0 Å². The molecule has 1 aliphatic carbocycles. The molecular formula is C17H16FN5OS. The molecule has 4 rings (SSSR count). The maximum atomic E-state index is 14.9. The third-order valence-corrected chi connectivity index (χ3v) is 4.68. The molecule has 3 N–H and O–H groups in total. The predicted octanol–water partition coefficient (Wildman–Crippen LogP) is 3.39. The largest absolute Gasteiger partial charge is 0.399 e. The third-order valence-electron chi connectivity index (χ3n) is 4.09. The predicted molar refractivity (Wildman–Crippen MR) is 94.8 cm³/mol. The number of nitrogens with zero attached hydrogens (tertiary/aromatic N) is 3. The van der Waals surface area contributed by atoms with E-state index in [1.54, 1.807) is 23.2 Å². The molecule has 0 radical (unpaired) electrons. The van der Waals surface area contributed by atoms with Gasteiger partial charge in [0.25, 0.3) is 5.91 Å². The van der Waals surface area contributed by atoms with Crippen molar-refractivity contribution in [1.29, 1.82) is 0 Å². The van der Waals surface area contributed by atoms with Crippen molar-refractivity contribution in [1.82, 2.24) is 14.8 Å². The first kappa shape index (κ1) is 15.8. The smallest absolute Gasteiger partial charge is 0.275 e. The number of carbonyl (C=O) groups is 1. The van der Waals surface area contributed by atoms with Crippen LogP contribution in [0.4, 0.5) is 15.8 Å². The van der Waals surface area contributed by atoms with Gasteiger partial charge in [-0.1, -0.05) is 0 Å². The Morgan fingerprint density at radius 1 is 1.44 bits per heavy atom. The molecular weight excluding hydrogens is 341 g/mol. The lowest BCUT2D eigenvalue weighted by molar-refractivity contribution is 0.102. The standard InChI is InChI=1S/C17H16FN5OS/c18-16-13(11-5-21-23(7-11)6-10-1-2-10)3-12(19)4-14(16)22-17(24)15-8-25-9-20-15/h3-5,7-10H,1-2,6,19H2,(H,22,24). The Morgan fingerprint density at radius 3 is 3.00 bits per heavy atom. The van der Waals surface area contributed by atoms with E-state index in [9.17, 15) is 9.18 Å². The molecule has 1 aliphatic rings. The van der Waals surface area contributed by atoms with Gasteiger partial charge in [-0.3, -0.25) is 9.48 Å². The van der Waals surface area contributed by atoms with Gasteiger partial charge in [0.15, 0.2) is 5.82 Å². The van der Waals surface area contributed by atoms with Crippen LogP contribution in [0.25, 0.3) is 11.1 Å². The minimum Gasteiger partial charge on any atom is -0.399 e. The number of halogens is 1. The summed E-state index contributed by atoms with van der Waals surface area (Å²) in [5.74, 6) is -0.337. The molecule has 25 heavy (non-hydrogen) atoms. The van der Waals surface area contributed by atoms with Crippen molar-refractivity contribution in [2.45, 2.75) is 19.4 Å². The highest BCUT2D eigenvalue weighted by Gasteiger charge is 2.22. The molecule has 2 heterocycles. The molecule has 0 bridgehead atoms. The molecule has 128 valence electrons. The number of benzene rings is 1.